The molecule has 0 amide bonds. The van der Waals surface area contributed by atoms with E-state index in [1.54, 1.807) is 6.07 Å². The standard InChI is InChI=1S/C14H14O.2ClH.Ti/c1-10-7-11(2)9-12(8-10)13-5-3-4-6-14(13)15;;;/h3-9,15H,1-2H3;2*1H;. The summed E-state index contributed by atoms with van der Waals surface area (Å²) in [5.41, 5.74) is 4.40. The molecule has 18 heavy (non-hydrogen) atoms. The molecule has 0 aliphatic heterocycles. The summed E-state index contributed by atoms with van der Waals surface area (Å²) in [4.78, 5) is 0. The van der Waals surface area contributed by atoms with Gasteiger partial charge in [-0.25, -0.2) is 0 Å². The van der Waals surface area contributed by atoms with E-state index in [9.17, 15) is 5.11 Å². The number of benzene rings is 2. The Morgan fingerprint density at radius 3 is 1.83 bits per heavy atom. The molecule has 2 aromatic carbocycles. The van der Waals surface area contributed by atoms with Crippen molar-refractivity contribution >= 4 is 24.8 Å². The Labute approximate surface area is 135 Å². The van der Waals surface area contributed by atoms with Crippen LogP contribution >= 0.6 is 24.8 Å². The number of rotatable bonds is 1. The zero-order valence-corrected chi connectivity index (χ0v) is 13.5. The zero-order chi connectivity index (χ0) is 10.8. The average molecular weight is 319 g/mol. The van der Waals surface area contributed by atoms with Crippen LogP contribution in [0.2, 0.25) is 0 Å². The van der Waals surface area contributed by atoms with E-state index < -0.39 is 0 Å². The smallest absolute Gasteiger partial charge is 0.123 e. The van der Waals surface area contributed by atoms with E-state index in [-0.39, 0.29) is 46.5 Å². The van der Waals surface area contributed by atoms with Crippen LogP contribution in [0.15, 0.2) is 42.5 Å². The maximum absolute atomic E-state index is 9.75. The van der Waals surface area contributed by atoms with E-state index in [1.165, 1.54) is 11.1 Å². The van der Waals surface area contributed by atoms with Gasteiger partial charge in [0.25, 0.3) is 0 Å². The Kier molecular flexibility index (Phi) is 9.50. The van der Waals surface area contributed by atoms with Gasteiger partial charge in [0.2, 0.25) is 0 Å². The molecule has 0 spiro atoms. The first-order chi connectivity index (χ1) is 7.16. The van der Waals surface area contributed by atoms with Gasteiger partial charge in [0.1, 0.15) is 5.75 Å². The molecule has 1 N–H and O–H groups in total. The summed E-state index contributed by atoms with van der Waals surface area (Å²) in [6.45, 7) is 4.13. The van der Waals surface area contributed by atoms with Gasteiger partial charge in [-0.05, 0) is 25.5 Å². The van der Waals surface area contributed by atoms with Gasteiger partial charge in [-0.1, -0.05) is 47.5 Å². The monoisotopic (exact) mass is 318 g/mol. The molecule has 0 heterocycles. The molecule has 0 saturated heterocycles. The van der Waals surface area contributed by atoms with Crippen LogP contribution in [-0.2, 0) is 21.7 Å². The third kappa shape index (κ3) is 4.66. The van der Waals surface area contributed by atoms with E-state index in [2.05, 4.69) is 32.0 Å². The summed E-state index contributed by atoms with van der Waals surface area (Å²) >= 11 is 0. The van der Waals surface area contributed by atoms with Gasteiger partial charge in [0, 0.05) is 27.3 Å². The van der Waals surface area contributed by atoms with Crippen molar-refractivity contribution in [1.29, 1.82) is 0 Å². The molecule has 0 radical (unpaired) electrons. The number of phenolic OH excluding ortho intramolecular Hbond substituents is 1. The van der Waals surface area contributed by atoms with Crippen LogP contribution in [0, 0.1) is 13.8 Å². The third-order valence-corrected chi connectivity index (χ3v) is 2.44. The van der Waals surface area contributed by atoms with Crippen molar-refractivity contribution in [3.63, 3.8) is 0 Å². The Morgan fingerprint density at radius 1 is 0.833 bits per heavy atom. The quantitative estimate of drug-likeness (QED) is 0.767. The van der Waals surface area contributed by atoms with Gasteiger partial charge in [-0.2, -0.15) is 0 Å². The van der Waals surface area contributed by atoms with Crippen molar-refractivity contribution in [3.05, 3.63) is 53.6 Å². The van der Waals surface area contributed by atoms with Gasteiger partial charge in [-0.15, -0.1) is 24.8 Å². The minimum atomic E-state index is 0. The molecule has 0 aliphatic carbocycles. The van der Waals surface area contributed by atoms with Crippen LogP contribution in [0.1, 0.15) is 11.1 Å². The normalized spacial score (nSPS) is 8.56. The first kappa shape index (κ1) is 19.9. The molecule has 0 bridgehead atoms. The summed E-state index contributed by atoms with van der Waals surface area (Å²) < 4.78 is 0. The van der Waals surface area contributed by atoms with Gasteiger partial charge in [0.15, 0.2) is 0 Å². The van der Waals surface area contributed by atoms with Crippen LogP contribution in [0.25, 0.3) is 11.1 Å². The van der Waals surface area contributed by atoms with E-state index in [1.807, 2.05) is 18.2 Å². The molecule has 0 aromatic heterocycles. The molecular formula is C14H16Cl2OTi. The van der Waals surface area contributed by atoms with Crippen molar-refractivity contribution in [3.8, 4) is 16.9 Å². The molecule has 0 aliphatic rings. The predicted molar refractivity (Wildman–Crippen MR) is 77.5 cm³/mol. The molecule has 96 valence electrons. The summed E-state index contributed by atoms with van der Waals surface area (Å²) in [7, 11) is 0. The number of hydrogen-bond donors (Lipinski definition) is 1. The SMILES string of the molecule is Cc1cc(C)cc(-c2ccccc2O)c1.Cl.Cl.[Ti]. The fourth-order valence-electron chi connectivity index (χ4n) is 1.85. The van der Waals surface area contributed by atoms with Crippen LogP contribution in [-0.4, -0.2) is 5.11 Å². The van der Waals surface area contributed by atoms with E-state index in [0.717, 1.165) is 11.1 Å². The molecular weight excluding hydrogens is 303 g/mol. The van der Waals surface area contributed by atoms with Gasteiger partial charge in [-0.3, -0.25) is 0 Å². The zero-order valence-electron chi connectivity index (χ0n) is 10.3. The van der Waals surface area contributed by atoms with Crippen LogP contribution < -0.4 is 0 Å². The Hall–Kier alpha value is -0.466. The topological polar surface area (TPSA) is 20.2 Å². The molecule has 2 rings (SSSR count). The van der Waals surface area contributed by atoms with Crippen LogP contribution in [0.3, 0.4) is 0 Å². The Morgan fingerprint density at radius 2 is 1.33 bits per heavy atom. The summed E-state index contributed by atoms with van der Waals surface area (Å²) in [5, 5.41) is 9.75. The Bertz CT molecular complexity index is 481. The second-order valence-electron chi connectivity index (χ2n) is 3.89. The molecule has 4 heteroatoms. The second kappa shape index (κ2) is 8.60. The minimum Gasteiger partial charge on any atom is -0.507 e. The van der Waals surface area contributed by atoms with Crippen LogP contribution in [0.4, 0.5) is 0 Å². The maximum atomic E-state index is 9.75. The first-order valence-electron chi connectivity index (χ1n) is 5.03. The van der Waals surface area contributed by atoms with Crippen molar-refractivity contribution in [1.82, 2.24) is 0 Å². The second-order valence-corrected chi connectivity index (χ2v) is 3.89. The van der Waals surface area contributed by atoms with E-state index >= 15 is 0 Å². The number of phenols is 1. The van der Waals surface area contributed by atoms with Gasteiger partial charge >= 0.3 is 0 Å². The fourth-order valence-corrected chi connectivity index (χ4v) is 1.85. The average Bonchev–Trinajstić information content (AvgIpc) is 2.16. The first-order valence-corrected chi connectivity index (χ1v) is 5.03. The van der Waals surface area contributed by atoms with E-state index in [0.29, 0.717) is 5.75 Å². The molecule has 0 fully saturated rings. The number of para-hydroxylation sites is 1. The summed E-state index contributed by atoms with van der Waals surface area (Å²) in [5.74, 6) is 0.336. The number of halogens is 2. The van der Waals surface area contributed by atoms with Crippen molar-refractivity contribution in [2.24, 2.45) is 0 Å². The minimum absolute atomic E-state index is 0. The van der Waals surface area contributed by atoms with Crippen molar-refractivity contribution < 1.29 is 26.8 Å². The number of aromatic hydroxyl groups is 1. The maximum Gasteiger partial charge on any atom is 0.123 e. The van der Waals surface area contributed by atoms with E-state index in [4.69, 9.17) is 0 Å². The molecule has 0 unspecified atom stereocenters. The van der Waals surface area contributed by atoms with Crippen molar-refractivity contribution in [2.75, 3.05) is 0 Å². The number of hydrogen-bond acceptors (Lipinski definition) is 1. The Balaban J connectivity index is 0. The third-order valence-electron chi connectivity index (χ3n) is 2.44. The predicted octanol–water partition coefficient (Wildman–Crippen LogP) is 4.52. The molecule has 0 saturated carbocycles. The summed E-state index contributed by atoms with van der Waals surface area (Å²) in [6.07, 6.45) is 0. The van der Waals surface area contributed by atoms with Crippen molar-refractivity contribution in [2.45, 2.75) is 13.8 Å². The molecule has 1 nitrogen and oxygen atoms in total. The van der Waals surface area contributed by atoms with Gasteiger partial charge in [0.05, 0.1) is 0 Å². The molecule has 0 atom stereocenters. The van der Waals surface area contributed by atoms with Gasteiger partial charge < -0.3 is 5.11 Å². The van der Waals surface area contributed by atoms with Crippen LogP contribution in [0.5, 0.6) is 5.75 Å². The number of aryl methyl sites for hydroxylation is 2. The largest absolute Gasteiger partial charge is 0.507 e. The molecule has 2 aromatic rings. The fraction of sp³-hybridized carbons (Fsp3) is 0.143. The summed E-state index contributed by atoms with van der Waals surface area (Å²) in [6, 6.07) is 13.7.